The van der Waals surface area contributed by atoms with Crippen LogP contribution in [0.5, 0.6) is 0 Å². The van der Waals surface area contributed by atoms with E-state index in [0.717, 1.165) is 23.3 Å². The maximum atomic E-state index is 12.4. The molecular weight excluding hydrogens is 286 g/mol. The van der Waals surface area contributed by atoms with Crippen molar-refractivity contribution in [1.82, 2.24) is 5.32 Å². The number of carbonyl (C=O) groups is 2. The topological polar surface area (TPSA) is 66.4 Å². The van der Waals surface area contributed by atoms with Gasteiger partial charge in [0.15, 0.2) is 5.78 Å². The van der Waals surface area contributed by atoms with E-state index in [0.29, 0.717) is 18.4 Å². The third kappa shape index (κ3) is 3.88. The van der Waals surface area contributed by atoms with E-state index >= 15 is 0 Å². The number of aryl methyl sites for hydroxylation is 1. The first-order valence-corrected chi connectivity index (χ1v) is 8.32. The summed E-state index contributed by atoms with van der Waals surface area (Å²) in [4.78, 5) is 23.5. The fourth-order valence-electron chi connectivity index (χ4n) is 2.37. The number of aliphatic carboxylic acids is 1. The summed E-state index contributed by atoms with van der Waals surface area (Å²) in [5.41, 5.74) is 2.45. The Balaban J connectivity index is 2.08. The smallest absolute Gasteiger partial charge is 0.326 e. The average Bonchev–Trinajstić information content (AvgIpc) is 2.49. The first kappa shape index (κ1) is 15.6. The van der Waals surface area contributed by atoms with E-state index in [1.165, 1.54) is 0 Å². The quantitative estimate of drug-likeness (QED) is 0.791. The van der Waals surface area contributed by atoms with Crippen LogP contribution in [0.15, 0.2) is 36.0 Å². The van der Waals surface area contributed by atoms with Crippen LogP contribution in [-0.4, -0.2) is 34.9 Å². The lowest BCUT2D eigenvalue weighted by Crippen LogP contribution is -2.34. The molecule has 0 aromatic heterocycles. The zero-order chi connectivity index (χ0) is 15.2. The van der Waals surface area contributed by atoms with E-state index in [-0.39, 0.29) is 5.78 Å². The first-order chi connectivity index (χ1) is 10.1. The normalized spacial score (nSPS) is 17.4. The number of carboxylic acid groups (broad SMARTS) is 1. The third-order valence-electron chi connectivity index (χ3n) is 3.58. The summed E-state index contributed by atoms with van der Waals surface area (Å²) in [6.45, 7) is 0. The van der Waals surface area contributed by atoms with E-state index < -0.39 is 12.0 Å². The summed E-state index contributed by atoms with van der Waals surface area (Å²) in [7, 11) is 0. The number of carbonyl (C=O) groups excluding carboxylic acids is 1. The highest BCUT2D eigenvalue weighted by atomic mass is 32.2. The molecule has 112 valence electrons. The summed E-state index contributed by atoms with van der Waals surface area (Å²) in [5, 5.41) is 12.1. The molecule has 4 nitrogen and oxygen atoms in total. The van der Waals surface area contributed by atoms with Crippen molar-refractivity contribution in [3.05, 3.63) is 47.2 Å². The lowest BCUT2D eigenvalue weighted by atomic mass is 9.87. The number of nitrogens with one attached hydrogen (secondary N) is 1. The number of benzene rings is 1. The van der Waals surface area contributed by atoms with Crippen molar-refractivity contribution in [2.24, 2.45) is 0 Å². The van der Waals surface area contributed by atoms with Gasteiger partial charge in [-0.25, -0.2) is 4.79 Å². The van der Waals surface area contributed by atoms with Gasteiger partial charge in [0.05, 0.1) is 0 Å². The minimum Gasteiger partial charge on any atom is -0.480 e. The van der Waals surface area contributed by atoms with Gasteiger partial charge in [-0.05, 0) is 36.8 Å². The van der Waals surface area contributed by atoms with Crippen molar-refractivity contribution in [2.75, 3.05) is 12.0 Å². The van der Waals surface area contributed by atoms with Crippen LogP contribution >= 0.6 is 11.8 Å². The van der Waals surface area contributed by atoms with Crippen molar-refractivity contribution in [3.63, 3.8) is 0 Å². The molecule has 2 N–H and O–H groups in total. The van der Waals surface area contributed by atoms with Gasteiger partial charge in [0, 0.05) is 17.3 Å². The minimum atomic E-state index is -0.885. The first-order valence-electron chi connectivity index (χ1n) is 6.93. The molecule has 0 bridgehead atoms. The lowest BCUT2D eigenvalue weighted by Gasteiger charge is -2.18. The molecule has 0 heterocycles. The summed E-state index contributed by atoms with van der Waals surface area (Å²) in [5.74, 6) is -0.118. The molecule has 0 amide bonds. The minimum absolute atomic E-state index is 0.00152. The Morgan fingerprint density at radius 3 is 2.90 bits per heavy atom. The molecular formula is C16H19NO3S. The van der Waals surface area contributed by atoms with Crippen LogP contribution in [0.4, 0.5) is 0 Å². The molecule has 1 atom stereocenters. The van der Waals surface area contributed by atoms with Crippen LogP contribution in [0.3, 0.4) is 0 Å². The number of hydrogen-bond acceptors (Lipinski definition) is 4. The maximum absolute atomic E-state index is 12.4. The predicted octanol–water partition coefficient (Wildman–Crippen LogP) is 2.50. The molecule has 0 saturated heterocycles. The molecule has 21 heavy (non-hydrogen) atoms. The fourth-order valence-corrected chi connectivity index (χ4v) is 2.84. The van der Waals surface area contributed by atoms with Gasteiger partial charge in [-0.1, -0.05) is 24.3 Å². The van der Waals surface area contributed by atoms with Gasteiger partial charge in [-0.2, -0.15) is 11.8 Å². The molecule has 0 saturated carbocycles. The zero-order valence-corrected chi connectivity index (χ0v) is 12.8. The second-order valence-corrected chi connectivity index (χ2v) is 5.98. The summed E-state index contributed by atoms with van der Waals surface area (Å²) in [6.07, 6.45) is 5.54. The highest BCUT2D eigenvalue weighted by Crippen LogP contribution is 2.24. The molecule has 0 unspecified atom stereocenters. The molecule has 5 heteroatoms. The van der Waals surface area contributed by atoms with Gasteiger partial charge in [-0.3, -0.25) is 4.79 Å². The molecule has 1 aliphatic carbocycles. The summed E-state index contributed by atoms with van der Waals surface area (Å²) in [6, 6.07) is 6.94. The highest BCUT2D eigenvalue weighted by Gasteiger charge is 2.22. The van der Waals surface area contributed by atoms with E-state index in [1.54, 1.807) is 18.0 Å². The fraction of sp³-hybridized carbons (Fsp3) is 0.375. The van der Waals surface area contributed by atoms with E-state index in [9.17, 15) is 9.59 Å². The van der Waals surface area contributed by atoms with Gasteiger partial charge < -0.3 is 10.4 Å². The number of rotatable bonds is 6. The Bertz CT molecular complexity index is 568. The molecule has 1 aromatic carbocycles. The third-order valence-corrected chi connectivity index (χ3v) is 4.23. The van der Waals surface area contributed by atoms with Gasteiger partial charge in [0.1, 0.15) is 6.04 Å². The van der Waals surface area contributed by atoms with Gasteiger partial charge in [-0.15, -0.1) is 0 Å². The van der Waals surface area contributed by atoms with Crippen LogP contribution in [-0.2, 0) is 11.2 Å². The van der Waals surface area contributed by atoms with Crippen LogP contribution in [0.2, 0.25) is 0 Å². The number of fused-ring (bicyclic) bond motifs is 1. The van der Waals surface area contributed by atoms with Gasteiger partial charge in [0.2, 0.25) is 0 Å². The molecule has 0 aliphatic heterocycles. The zero-order valence-electron chi connectivity index (χ0n) is 12.0. The van der Waals surface area contributed by atoms with Gasteiger partial charge >= 0.3 is 5.97 Å². The van der Waals surface area contributed by atoms with Crippen molar-refractivity contribution < 1.29 is 14.7 Å². The molecule has 0 radical (unpaired) electrons. The molecule has 1 aliphatic rings. The van der Waals surface area contributed by atoms with Crippen molar-refractivity contribution in [3.8, 4) is 0 Å². The van der Waals surface area contributed by atoms with Crippen LogP contribution in [0.25, 0.3) is 0 Å². The standard InChI is InChI=1S/C16H19NO3S/c1-21-9-8-14(16(19)20)17-10-12-7-6-11-4-2-3-5-13(11)15(12)18/h2-5,10,14,17H,6-9H2,1H3,(H,19,20)/b12-10-/t14-/m1/s1. The second-order valence-electron chi connectivity index (χ2n) is 4.99. The summed E-state index contributed by atoms with van der Waals surface area (Å²) >= 11 is 1.61. The number of thioether (sulfide) groups is 1. The number of Topliss-reactive ketones (excluding diaryl/α,β-unsaturated/α-hetero) is 1. The number of carboxylic acids is 1. The lowest BCUT2D eigenvalue weighted by molar-refractivity contribution is -0.139. The van der Waals surface area contributed by atoms with Crippen molar-refractivity contribution in [1.29, 1.82) is 0 Å². The average molecular weight is 305 g/mol. The van der Waals surface area contributed by atoms with Crippen molar-refractivity contribution in [2.45, 2.75) is 25.3 Å². The number of ketones is 1. The summed E-state index contributed by atoms with van der Waals surface area (Å²) < 4.78 is 0. The molecule has 0 fully saturated rings. The molecule has 2 rings (SSSR count). The van der Waals surface area contributed by atoms with Crippen LogP contribution in [0, 0.1) is 0 Å². The monoisotopic (exact) mass is 305 g/mol. The van der Waals surface area contributed by atoms with E-state index in [2.05, 4.69) is 5.32 Å². The van der Waals surface area contributed by atoms with Crippen LogP contribution in [0.1, 0.15) is 28.8 Å². The van der Waals surface area contributed by atoms with Crippen LogP contribution < -0.4 is 5.32 Å². The largest absolute Gasteiger partial charge is 0.480 e. The predicted molar refractivity (Wildman–Crippen MR) is 84.7 cm³/mol. The van der Waals surface area contributed by atoms with E-state index in [4.69, 9.17) is 5.11 Å². The number of allylic oxidation sites excluding steroid dienone is 1. The Kier molecular flexibility index (Phi) is 5.44. The van der Waals surface area contributed by atoms with Gasteiger partial charge in [0.25, 0.3) is 0 Å². The number of hydrogen-bond donors (Lipinski definition) is 2. The molecule has 1 aromatic rings. The van der Waals surface area contributed by atoms with Crippen molar-refractivity contribution >= 4 is 23.5 Å². The van der Waals surface area contributed by atoms with E-state index in [1.807, 2.05) is 30.5 Å². The molecule has 0 spiro atoms. The SMILES string of the molecule is CSCC[C@@H](N/C=C1/CCc2ccccc2C1=O)C(=O)O. The Morgan fingerprint density at radius 2 is 2.19 bits per heavy atom. The highest BCUT2D eigenvalue weighted by molar-refractivity contribution is 7.98. The Hall–Kier alpha value is -1.75. The Morgan fingerprint density at radius 1 is 1.43 bits per heavy atom. The second kappa shape index (κ2) is 7.31. The maximum Gasteiger partial charge on any atom is 0.326 e. The Labute approximate surface area is 128 Å².